The Kier molecular flexibility index (Phi) is 4.51. The number of rotatable bonds is 3. The van der Waals surface area contributed by atoms with Gasteiger partial charge in [-0.3, -0.25) is 25.1 Å². The molecule has 25 heavy (non-hydrogen) atoms. The van der Waals surface area contributed by atoms with Crippen LogP contribution in [0.1, 0.15) is 27.3 Å². The van der Waals surface area contributed by atoms with Gasteiger partial charge in [-0.05, 0) is 31.5 Å². The molecule has 8 heteroatoms. The fourth-order valence-electron chi connectivity index (χ4n) is 2.70. The summed E-state index contributed by atoms with van der Waals surface area (Å²) in [6.07, 6.45) is -0.711. The van der Waals surface area contributed by atoms with Crippen LogP contribution in [-0.2, 0) is 27.3 Å². The van der Waals surface area contributed by atoms with Gasteiger partial charge in [0.25, 0.3) is 11.8 Å². The van der Waals surface area contributed by atoms with Crippen molar-refractivity contribution in [3.63, 3.8) is 0 Å². The van der Waals surface area contributed by atoms with Gasteiger partial charge in [-0.2, -0.15) is 5.10 Å². The van der Waals surface area contributed by atoms with E-state index in [4.69, 9.17) is 4.74 Å². The Bertz CT molecular complexity index is 843. The number of hydrogen-bond donors (Lipinski definition) is 2. The molecule has 0 saturated carbocycles. The molecule has 0 radical (unpaired) electrons. The molecule has 2 amide bonds. The van der Waals surface area contributed by atoms with Crippen LogP contribution in [0, 0.1) is 13.8 Å². The van der Waals surface area contributed by atoms with Crippen molar-refractivity contribution in [3.05, 3.63) is 52.8 Å². The number of nitrogens with one attached hydrogen (secondary N) is 2. The normalized spacial score (nSPS) is 15.9. The molecule has 1 aromatic carbocycles. The van der Waals surface area contributed by atoms with Crippen molar-refractivity contribution in [1.29, 1.82) is 0 Å². The van der Waals surface area contributed by atoms with E-state index in [2.05, 4.69) is 16.0 Å². The van der Waals surface area contributed by atoms with E-state index < -0.39 is 23.9 Å². The largest absolute Gasteiger partial charge is 0.448 e. The molecule has 3 rings (SSSR count). The molecule has 1 aliphatic rings. The minimum atomic E-state index is -0.976. The van der Waals surface area contributed by atoms with Gasteiger partial charge in [0.15, 0.2) is 6.10 Å². The minimum absolute atomic E-state index is 0.0206. The van der Waals surface area contributed by atoms with Crippen molar-refractivity contribution in [3.8, 4) is 0 Å². The van der Waals surface area contributed by atoms with Gasteiger partial charge in [-0.15, -0.1) is 0 Å². The quantitative estimate of drug-likeness (QED) is 0.622. The molecule has 1 aliphatic heterocycles. The summed E-state index contributed by atoms with van der Waals surface area (Å²) >= 11 is 0. The number of nitrogens with zero attached hydrogens (tertiary/aromatic N) is 2. The fraction of sp³-hybridized carbons (Fsp3) is 0.294. The fourth-order valence-corrected chi connectivity index (χ4v) is 2.70. The summed E-state index contributed by atoms with van der Waals surface area (Å²) in [4.78, 5) is 36.0. The van der Waals surface area contributed by atoms with Gasteiger partial charge in [0.2, 0.25) is 0 Å². The van der Waals surface area contributed by atoms with Crippen LogP contribution >= 0.6 is 0 Å². The molecule has 2 aromatic rings. The molecule has 0 unspecified atom stereocenters. The van der Waals surface area contributed by atoms with Crippen molar-refractivity contribution in [2.24, 2.45) is 0 Å². The number of esters is 1. The number of cyclic esters (lactones) is 1. The summed E-state index contributed by atoms with van der Waals surface area (Å²) in [6, 6.07) is 8.81. The number of hydrogen-bond acceptors (Lipinski definition) is 5. The van der Waals surface area contributed by atoms with E-state index in [1.807, 2.05) is 19.9 Å². The molecular formula is C17H18N4O4. The molecule has 1 atom stereocenters. The predicted octanol–water partition coefficient (Wildman–Crippen LogP) is 0.429. The molecule has 0 saturated heterocycles. The van der Waals surface area contributed by atoms with Crippen molar-refractivity contribution in [2.75, 3.05) is 0 Å². The maximum atomic E-state index is 12.2. The molecule has 0 bridgehead atoms. The van der Waals surface area contributed by atoms with E-state index in [0.717, 1.165) is 17.0 Å². The van der Waals surface area contributed by atoms with Gasteiger partial charge in [-0.25, -0.2) is 4.79 Å². The third kappa shape index (κ3) is 3.68. The van der Waals surface area contributed by atoms with Crippen LogP contribution in [0.2, 0.25) is 0 Å². The van der Waals surface area contributed by atoms with Crippen molar-refractivity contribution >= 4 is 17.8 Å². The number of carbonyl (C=O) groups is 3. The van der Waals surface area contributed by atoms with Crippen LogP contribution in [0.25, 0.3) is 0 Å². The Labute approximate surface area is 144 Å². The van der Waals surface area contributed by atoms with E-state index in [0.29, 0.717) is 5.56 Å². The Balaban J connectivity index is 1.55. The first-order chi connectivity index (χ1) is 11.9. The standard InChI is InChI=1S/C17H18N4O4/c1-10-7-11(2)21(20-10)9-15(22)18-19-16(23)14-8-12-5-3-4-6-13(12)17(24)25-14/h3-7,14H,8-9H2,1-2H3,(H,18,22)(H,19,23)/t14-/m0/s1. The van der Waals surface area contributed by atoms with Crippen LogP contribution in [0.4, 0.5) is 0 Å². The van der Waals surface area contributed by atoms with Gasteiger partial charge in [0.1, 0.15) is 6.54 Å². The number of hydrazine groups is 1. The molecular weight excluding hydrogens is 324 g/mol. The van der Waals surface area contributed by atoms with Gasteiger partial charge in [-0.1, -0.05) is 18.2 Å². The van der Waals surface area contributed by atoms with Gasteiger partial charge < -0.3 is 4.74 Å². The van der Waals surface area contributed by atoms with Crippen molar-refractivity contribution in [1.82, 2.24) is 20.6 Å². The number of ether oxygens (including phenoxy) is 1. The molecule has 0 aliphatic carbocycles. The van der Waals surface area contributed by atoms with Gasteiger partial charge in [0, 0.05) is 12.1 Å². The second-order valence-electron chi connectivity index (χ2n) is 5.88. The Morgan fingerprint density at radius 2 is 2.04 bits per heavy atom. The second-order valence-corrected chi connectivity index (χ2v) is 5.88. The maximum absolute atomic E-state index is 12.2. The lowest BCUT2D eigenvalue weighted by molar-refractivity contribution is -0.135. The van der Waals surface area contributed by atoms with Gasteiger partial charge in [0.05, 0.1) is 11.3 Å². The SMILES string of the molecule is Cc1cc(C)n(CC(=O)NNC(=O)[C@@H]2Cc3ccccc3C(=O)O2)n1. The Morgan fingerprint density at radius 3 is 2.76 bits per heavy atom. The van der Waals surface area contributed by atoms with Crippen LogP contribution in [0.5, 0.6) is 0 Å². The molecule has 130 valence electrons. The summed E-state index contributed by atoms with van der Waals surface area (Å²) in [6.45, 7) is 3.65. The molecule has 2 N–H and O–H groups in total. The third-order valence-electron chi connectivity index (χ3n) is 3.91. The molecule has 2 heterocycles. The highest BCUT2D eigenvalue weighted by Gasteiger charge is 2.31. The lowest BCUT2D eigenvalue weighted by Crippen LogP contribution is -2.50. The summed E-state index contributed by atoms with van der Waals surface area (Å²) in [5.74, 6) is -1.55. The average Bonchev–Trinajstić information content (AvgIpc) is 2.89. The van der Waals surface area contributed by atoms with Crippen LogP contribution < -0.4 is 10.9 Å². The highest BCUT2D eigenvalue weighted by atomic mass is 16.5. The monoisotopic (exact) mass is 342 g/mol. The first-order valence-corrected chi connectivity index (χ1v) is 7.82. The zero-order valence-electron chi connectivity index (χ0n) is 13.9. The number of aryl methyl sites for hydroxylation is 2. The second kappa shape index (κ2) is 6.76. The van der Waals surface area contributed by atoms with Crippen molar-refractivity contribution < 1.29 is 19.1 Å². The van der Waals surface area contributed by atoms with Crippen LogP contribution in [0.3, 0.4) is 0 Å². The maximum Gasteiger partial charge on any atom is 0.339 e. The van der Waals surface area contributed by atoms with E-state index in [1.165, 1.54) is 4.68 Å². The number of aromatic nitrogens is 2. The van der Waals surface area contributed by atoms with Crippen molar-refractivity contribution in [2.45, 2.75) is 32.9 Å². The predicted molar refractivity (Wildman–Crippen MR) is 87.3 cm³/mol. The molecule has 8 nitrogen and oxygen atoms in total. The molecule has 1 aromatic heterocycles. The lowest BCUT2D eigenvalue weighted by Gasteiger charge is -2.23. The highest BCUT2D eigenvalue weighted by Crippen LogP contribution is 2.20. The summed E-state index contributed by atoms with van der Waals surface area (Å²) in [5, 5.41) is 4.18. The number of benzene rings is 1. The number of fused-ring (bicyclic) bond motifs is 1. The minimum Gasteiger partial charge on any atom is -0.448 e. The summed E-state index contributed by atoms with van der Waals surface area (Å²) in [7, 11) is 0. The average molecular weight is 342 g/mol. The number of amides is 2. The summed E-state index contributed by atoms with van der Waals surface area (Å²) in [5.41, 5.74) is 7.46. The lowest BCUT2D eigenvalue weighted by atomic mass is 9.98. The first-order valence-electron chi connectivity index (χ1n) is 7.82. The first kappa shape index (κ1) is 16.7. The van der Waals surface area contributed by atoms with E-state index in [1.54, 1.807) is 24.3 Å². The number of carbonyl (C=O) groups excluding carboxylic acids is 3. The zero-order valence-corrected chi connectivity index (χ0v) is 13.9. The smallest absolute Gasteiger partial charge is 0.339 e. The van der Waals surface area contributed by atoms with Crippen LogP contribution in [-0.4, -0.2) is 33.7 Å². The molecule has 0 fully saturated rings. The Morgan fingerprint density at radius 1 is 1.28 bits per heavy atom. The highest BCUT2D eigenvalue weighted by molar-refractivity contribution is 5.96. The van der Waals surface area contributed by atoms with E-state index >= 15 is 0 Å². The van der Waals surface area contributed by atoms with E-state index in [9.17, 15) is 14.4 Å². The topological polar surface area (TPSA) is 102 Å². The van der Waals surface area contributed by atoms with Gasteiger partial charge >= 0.3 is 5.97 Å². The van der Waals surface area contributed by atoms with Crippen LogP contribution in [0.15, 0.2) is 30.3 Å². The van der Waals surface area contributed by atoms with E-state index in [-0.39, 0.29) is 13.0 Å². The summed E-state index contributed by atoms with van der Waals surface area (Å²) < 4.78 is 6.66. The third-order valence-corrected chi connectivity index (χ3v) is 3.91. The zero-order chi connectivity index (χ0) is 18.0. The molecule has 0 spiro atoms. The Hall–Kier alpha value is -3.16.